The maximum atomic E-state index is 12.1. The molecule has 0 aliphatic rings. The van der Waals surface area contributed by atoms with Crippen LogP contribution in [0.15, 0.2) is 53.4 Å². The van der Waals surface area contributed by atoms with Crippen LogP contribution in [0.1, 0.15) is 5.56 Å². The minimum atomic E-state index is -0.996. The van der Waals surface area contributed by atoms with Gasteiger partial charge in [0.1, 0.15) is 0 Å². The second-order valence-corrected chi connectivity index (χ2v) is 6.70. The first kappa shape index (κ1) is 13.1. The van der Waals surface area contributed by atoms with Crippen molar-refractivity contribution in [1.82, 2.24) is 0 Å². The molecule has 0 saturated heterocycles. The van der Waals surface area contributed by atoms with E-state index in [9.17, 15) is 4.21 Å². The smallest absolute Gasteiger partial charge is 0.0574 e. The first-order chi connectivity index (χ1) is 8.15. The molecule has 0 aliphatic carbocycles. The average Bonchev–Trinajstić information content (AvgIpc) is 2.33. The van der Waals surface area contributed by atoms with Crippen molar-refractivity contribution >= 4 is 45.0 Å². The highest BCUT2D eigenvalue weighted by Crippen LogP contribution is 2.16. The fourth-order valence-electron chi connectivity index (χ4n) is 1.40. The topological polar surface area (TPSA) is 17.1 Å². The molecule has 0 spiro atoms. The summed E-state index contributed by atoms with van der Waals surface area (Å²) in [7, 11) is -0.996. The summed E-state index contributed by atoms with van der Waals surface area (Å²) in [5, 5.41) is 0.703. The van der Waals surface area contributed by atoms with Crippen LogP contribution >= 0.6 is 34.2 Å². The minimum Gasteiger partial charge on any atom is -0.254 e. The van der Waals surface area contributed by atoms with E-state index in [0.29, 0.717) is 10.8 Å². The lowest BCUT2D eigenvalue weighted by atomic mass is 10.2. The molecule has 0 radical (unpaired) electrons. The Labute approximate surface area is 122 Å². The summed E-state index contributed by atoms with van der Waals surface area (Å²) in [6.07, 6.45) is 0. The number of benzene rings is 2. The molecule has 0 heterocycles. The second-order valence-electron chi connectivity index (χ2n) is 3.57. The van der Waals surface area contributed by atoms with Gasteiger partial charge in [-0.1, -0.05) is 23.7 Å². The Morgan fingerprint density at radius 2 is 1.59 bits per heavy atom. The van der Waals surface area contributed by atoms with Crippen LogP contribution in [-0.4, -0.2) is 4.21 Å². The van der Waals surface area contributed by atoms with Crippen LogP contribution in [0, 0.1) is 3.57 Å². The van der Waals surface area contributed by atoms with E-state index in [1.807, 2.05) is 48.5 Å². The van der Waals surface area contributed by atoms with Crippen molar-refractivity contribution in [3.05, 3.63) is 62.7 Å². The zero-order chi connectivity index (χ0) is 12.3. The third-order valence-electron chi connectivity index (χ3n) is 2.29. The zero-order valence-corrected chi connectivity index (χ0v) is 12.6. The normalized spacial score (nSPS) is 12.4. The number of hydrogen-bond donors (Lipinski definition) is 0. The predicted molar refractivity (Wildman–Crippen MR) is 80.7 cm³/mol. The molecule has 2 aromatic rings. The Morgan fingerprint density at radius 1 is 1.00 bits per heavy atom. The van der Waals surface area contributed by atoms with E-state index in [1.54, 1.807) is 0 Å². The van der Waals surface area contributed by atoms with Crippen molar-refractivity contribution in [2.24, 2.45) is 0 Å². The Bertz CT molecular complexity index is 522. The lowest BCUT2D eigenvalue weighted by Crippen LogP contribution is -1.96. The van der Waals surface area contributed by atoms with Gasteiger partial charge in [0, 0.05) is 13.5 Å². The lowest BCUT2D eigenvalue weighted by Gasteiger charge is -2.03. The van der Waals surface area contributed by atoms with Crippen LogP contribution in [0.3, 0.4) is 0 Å². The van der Waals surface area contributed by atoms with Crippen LogP contribution in [0.25, 0.3) is 0 Å². The molecule has 1 atom stereocenters. The summed E-state index contributed by atoms with van der Waals surface area (Å²) in [5.74, 6) is 0.526. The summed E-state index contributed by atoms with van der Waals surface area (Å²) in [5.41, 5.74) is 1.03. The Morgan fingerprint density at radius 3 is 2.18 bits per heavy atom. The molecule has 2 rings (SSSR count). The van der Waals surface area contributed by atoms with Gasteiger partial charge in [-0.3, -0.25) is 4.21 Å². The van der Waals surface area contributed by atoms with Gasteiger partial charge in [-0.25, -0.2) is 0 Å². The first-order valence-corrected chi connectivity index (χ1v) is 7.81. The maximum absolute atomic E-state index is 12.1. The minimum absolute atomic E-state index is 0.526. The van der Waals surface area contributed by atoms with Crippen molar-refractivity contribution in [2.45, 2.75) is 10.6 Å². The van der Waals surface area contributed by atoms with Crippen molar-refractivity contribution in [1.29, 1.82) is 0 Å². The summed E-state index contributed by atoms with van der Waals surface area (Å²) >= 11 is 8.04. The average molecular weight is 377 g/mol. The number of rotatable bonds is 3. The molecule has 1 nitrogen and oxygen atoms in total. The molecule has 0 aliphatic heterocycles. The highest BCUT2D eigenvalue weighted by atomic mass is 127. The molecule has 2 aromatic carbocycles. The van der Waals surface area contributed by atoms with E-state index in [4.69, 9.17) is 11.6 Å². The van der Waals surface area contributed by atoms with E-state index < -0.39 is 10.8 Å². The van der Waals surface area contributed by atoms with Gasteiger partial charge in [0.2, 0.25) is 0 Å². The first-order valence-electron chi connectivity index (χ1n) is 5.03. The number of halogens is 2. The summed E-state index contributed by atoms with van der Waals surface area (Å²) in [6.45, 7) is 0. The van der Waals surface area contributed by atoms with Crippen LogP contribution in [0.5, 0.6) is 0 Å². The van der Waals surface area contributed by atoms with E-state index >= 15 is 0 Å². The van der Waals surface area contributed by atoms with Crippen molar-refractivity contribution in [2.75, 3.05) is 0 Å². The van der Waals surface area contributed by atoms with Gasteiger partial charge in [-0.2, -0.15) is 0 Å². The molecule has 88 valence electrons. The summed E-state index contributed by atoms with van der Waals surface area (Å²) < 4.78 is 13.2. The largest absolute Gasteiger partial charge is 0.254 e. The van der Waals surface area contributed by atoms with E-state index in [1.165, 1.54) is 0 Å². The fourth-order valence-corrected chi connectivity index (χ4v) is 2.99. The van der Waals surface area contributed by atoms with Gasteiger partial charge in [-0.15, -0.1) is 0 Å². The van der Waals surface area contributed by atoms with Gasteiger partial charge in [-0.05, 0) is 64.6 Å². The van der Waals surface area contributed by atoms with Gasteiger partial charge in [0.15, 0.2) is 0 Å². The summed E-state index contributed by atoms with van der Waals surface area (Å²) in [4.78, 5) is 0.861. The molecule has 4 heteroatoms. The monoisotopic (exact) mass is 376 g/mol. The Hall–Kier alpha value is -0.390. The molecular weight excluding hydrogens is 367 g/mol. The van der Waals surface area contributed by atoms with Gasteiger partial charge in [0.05, 0.1) is 16.6 Å². The third-order valence-corrected chi connectivity index (χ3v) is 4.65. The van der Waals surface area contributed by atoms with E-state index in [2.05, 4.69) is 22.6 Å². The van der Waals surface area contributed by atoms with Gasteiger partial charge in [0.25, 0.3) is 0 Å². The predicted octanol–water partition coefficient (Wildman–Crippen LogP) is 4.25. The van der Waals surface area contributed by atoms with Crippen LogP contribution in [0.4, 0.5) is 0 Å². The second kappa shape index (κ2) is 5.98. The molecular formula is C13H10ClIOS. The van der Waals surface area contributed by atoms with Crippen molar-refractivity contribution in [3.63, 3.8) is 0 Å². The van der Waals surface area contributed by atoms with Crippen molar-refractivity contribution < 1.29 is 4.21 Å². The van der Waals surface area contributed by atoms with Gasteiger partial charge >= 0.3 is 0 Å². The molecule has 1 unspecified atom stereocenters. The Balaban J connectivity index is 2.11. The zero-order valence-electron chi connectivity index (χ0n) is 8.90. The molecule has 0 N–H and O–H groups in total. The SMILES string of the molecule is O=S(Cc1ccc(Cl)cc1)c1ccc(I)cc1. The van der Waals surface area contributed by atoms with Crippen LogP contribution in [-0.2, 0) is 16.6 Å². The standard InChI is InChI=1S/C13H10ClIOS/c14-11-3-1-10(2-4-11)9-17(16)13-7-5-12(15)6-8-13/h1-8H,9H2. The van der Waals surface area contributed by atoms with Crippen LogP contribution in [0.2, 0.25) is 5.02 Å². The molecule has 0 fully saturated rings. The quantitative estimate of drug-likeness (QED) is 0.732. The third kappa shape index (κ3) is 3.79. The molecule has 0 amide bonds. The molecule has 0 saturated carbocycles. The molecule has 17 heavy (non-hydrogen) atoms. The van der Waals surface area contributed by atoms with E-state index in [-0.39, 0.29) is 0 Å². The Kier molecular flexibility index (Phi) is 4.59. The van der Waals surface area contributed by atoms with Crippen LogP contribution < -0.4 is 0 Å². The van der Waals surface area contributed by atoms with Crippen molar-refractivity contribution in [3.8, 4) is 0 Å². The molecule has 0 bridgehead atoms. The van der Waals surface area contributed by atoms with E-state index in [0.717, 1.165) is 14.0 Å². The summed E-state index contributed by atoms with van der Waals surface area (Å²) in [6, 6.07) is 15.2. The lowest BCUT2D eigenvalue weighted by molar-refractivity contribution is 0.682. The fraction of sp³-hybridized carbons (Fsp3) is 0.0769. The number of hydrogen-bond acceptors (Lipinski definition) is 1. The van der Waals surface area contributed by atoms with Gasteiger partial charge < -0.3 is 0 Å². The maximum Gasteiger partial charge on any atom is 0.0574 e. The highest BCUT2D eigenvalue weighted by Gasteiger charge is 2.04. The molecule has 0 aromatic heterocycles. The highest BCUT2D eigenvalue weighted by molar-refractivity contribution is 14.1.